The van der Waals surface area contributed by atoms with Crippen LogP contribution in [-0.2, 0) is 10.8 Å². The minimum atomic E-state index is -0.466. The van der Waals surface area contributed by atoms with Gasteiger partial charge in [-0.15, -0.1) is 0 Å². The molecule has 14 rings (SSSR count). The van der Waals surface area contributed by atoms with Crippen molar-refractivity contribution in [1.82, 2.24) is 15.0 Å². The second kappa shape index (κ2) is 12.9. The zero-order valence-corrected chi connectivity index (χ0v) is 33.4. The van der Waals surface area contributed by atoms with Gasteiger partial charge < -0.3 is 4.74 Å². The summed E-state index contributed by atoms with van der Waals surface area (Å²) in [7, 11) is 0. The fourth-order valence-electron chi connectivity index (χ4n) is 12.6. The summed E-state index contributed by atoms with van der Waals surface area (Å²) >= 11 is 0. The average Bonchev–Trinajstić information content (AvgIpc) is 3.59. The molecule has 4 nitrogen and oxygen atoms in total. The maximum Gasteiger partial charge on any atom is 0.163 e. The Morgan fingerprint density at radius 2 is 0.833 bits per heavy atom. The molecule has 288 valence electrons. The number of benzene rings is 7. The molecule has 4 bridgehead atoms. The Kier molecular flexibility index (Phi) is 7.37. The number of ether oxygens (including phenoxy) is 1. The SMILES string of the molecule is c1ccc(-c2ccc(-c3nc(-c4ccc(-c5ccc6c(c5)Oc5ccccc5C65c6ccccc6-c6ccccc65)cc4)nc(C45CC6CC(CC(C6)C4)C5)n3)cc2)cc1. The number of hydrogen-bond donors (Lipinski definition) is 0. The van der Waals surface area contributed by atoms with Gasteiger partial charge >= 0.3 is 0 Å². The molecule has 0 saturated heterocycles. The van der Waals surface area contributed by atoms with Crippen LogP contribution in [0.1, 0.15) is 66.6 Å². The lowest BCUT2D eigenvalue weighted by molar-refractivity contribution is -0.00938. The minimum absolute atomic E-state index is 0.0462. The Hall–Kier alpha value is -6.65. The first-order chi connectivity index (χ1) is 29.6. The van der Waals surface area contributed by atoms with Gasteiger partial charge in [0.15, 0.2) is 11.6 Å². The monoisotopic (exact) mass is 773 g/mol. The van der Waals surface area contributed by atoms with Gasteiger partial charge in [-0.3, -0.25) is 0 Å². The van der Waals surface area contributed by atoms with Crippen LogP contribution < -0.4 is 4.74 Å². The van der Waals surface area contributed by atoms with E-state index < -0.39 is 5.41 Å². The van der Waals surface area contributed by atoms with Crippen LogP contribution in [-0.4, -0.2) is 15.0 Å². The molecule has 0 unspecified atom stereocenters. The number of fused-ring (bicyclic) bond motifs is 9. The summed E-state index contributed by atoms with van der Waals surface area (Å²) in [5.41, 5.74) is 13.8. The first-order valence-electron chi connectivity index (χ1n) is 21.8. The van der Waals surface area contributed by atoms with Gasteiger partial charge in [0.25, 0.3) is 0 Å². The van der Waals surface area contributed by atoms with Crippen LogP contribution in [0.15, 0.2) is 170 Å². The molecule has 0 atom stereocenters. The topological polar surface area (TPSA) is 47.9 Å². The van der Waals surface area contributed by atoms with Gasteiger partial charge in [0.05, 0.1) is 5.41 Å². The van der Waals surface area contributed by atoms with Crippen LogP contribution >= 0.6 is 0 Å². The van der Waals surface area contributed by atoms with E-state index in [0.29, 0.717) is 0 Å². The summed E-state index contributed by atoms with van der Waals surface area (Å²) in [6, 6.07) is 61.3. The van der Waals surface area contributed by atoms with Crippen molar-refractivity contribution in [3.8, 4) is 67.7 Å². The Morgan fingerprint density at radius 1 is 0.383 bits per heavy atom. The zero-order chi connectivity index (χ0) is 39.4. The fourth-order valence-corrected chi connectivity index (χ4v) is 12.6. The number of para-hydroxylation sites is 1. The Morgan fingerprint density at radius 3 is 1.43 bits per heavy atom. The highest BCUT2D eigenvalue weighted by Crippen LogP contribution is 2.63. The van der Waals surface area contributed by atoms with Crippen molar-refractivity contribution < 1.29 is 4.74 Å². The average molecular weight is 774 g/mol. The predicted molar refractivity (Wildman–Crippen MR) is 239 cm³/mol. The van der Waals surface area contributed by atoms with Gasteiger partial charge in [0.2, 0.25) is 0 Å². The van der Waals surface area contributed by atoms with Gasteiger partial charge in [-0.05, 0) is 113 Å². The molecule has 0 N–H and O–H groups in total. The number of nitrogens with zero attached hydrogens (tertiary/aromatic N) is 3. The molecule has 4 saturated carbocycles. The number of rotatable bonds is 5. The standard InChI is InChI=1S/C56H43N3O/c1-2-10-38(11-3-1)39-18-22-41(23-19-39)52-57-53(59-54(58-52)55-32-35-28-36(33-55)30-37(29-35)34-55)42-24-20-40(21-25-42)43-26-27-49-51(31-43)60-50-17-9-8-16-48(50)56(49)46-14-6-4-12-44(46)45-13-5-7-15-47(45)56/h1-27,31,35-37H,28-30,32-34H2. The summed E-state index contributed by atoms with van der Waals surface area (Å²) < 4.78 is 6.82. The van der Waals surface area contributed by atoms with Crippen molar-refractivity contribution >= 4 is 0 Å². The molecule has 1 spiro atoms. The largest absolute Gasteiger partial charge is 0.457 e. The maximum absolute atomic E-state index is 6.82. The molecular formula is C56H43N3O. The highest BCUT2D eigenvalue weighted by molar-refractivity contribution is 5.89. The summed E-state index contributed by atoms with van der Waals surface area (Å²) in [6.45, 7) is 0. The molecule has 60 heavy (non-hydrogen) atoms. The van der Waals surface area contributed by atoms with Crippen molar-refractivity contribution in [3.63, 3.8) is 0 Å². The lowest BCUT2D eigenvalue weighted by Gasteiger charge is -2.56. The first kappa shape index (κ1) is 34.2. The molecule has 4 heteroatoms. The number of hydrogen-bond acceptors (Lipinski definition) is 4. The van der Waals surface area contributed by atoms with Gasteiger partial charge in [-0.2, -0.15) is 0 Å². The van der Waals surface area contributed by atoms with Crippen LogP contribution in [0.4, 0.5) is 0 Å². The summed E-state index contributed by atoms with van der Waals surface area (Å²) in [5.74, 6) is 6.72. The van der Waals surface area contributed by atoms with Crippen molar-refractivity contribution in [3.05, 3.63) is 198 Å². The Balaban J connectivity index is 0.894. The van der Waals surface area contributed by atoms with Crippen LogP contribution in [0.5, 0.6) is 11.5 Å². The Bertz CT molecular complexity index is 2910. The second-order valence-corrected chi connectivity index (χ2v) is 18.2. The molecule has 0 radical (unpaired) electrons. The third-order valence-corrected chi connectivity index (χ3v) is 14.7. The van der Waals surface area contributed by atoms with Crippen molar-refractivity contribution in [2.45, 2.75) is 49.4 Å². The van der Waals surface area contributed by atoms with E-state index in [9.17, 15) is 0 Å². The minimum Gasteiger partial charge on any atom is -0.457 e. The second-order valence-electron chi connectivity index (χ2n) is 18.2. The summed E-state index contributed by atoms with van der Waals surface area (Å²) in [6.07, 6.45) is 7.77. The summed E-state index contributed by atoms with van der Waals surface area (Å²) in [5, 5.41) is 0. The van der Waals surface area contributed by atoms with Crippen LogP contribution in [0.2, 0.25) is 0 Å². The van der Waals surface area contributed by atoms with E-state index in [1.165, 1.54) is 83.0 Å². The van der Waals surface area contributed by atoms with Gasteiger partial charge in [-0.25, -0.2) is 15.0 Å². The fraction of sp³-hybridized carbons (Fsp3) is 0.196. The van der Waals surface area contributed by atoms with E-state index in [4.69, 9.17) is 19.7 Å². The third-order valence-electron chi connectivity index (χ3n) is 14.7. The molecule has 7 aromatic carbocycles. The Labute approximate surface area is 351 Å². The van der Waals surface area contributed by atoms with E-state index in [2.05, 4.69) is 170 Å². The van der Waals surface area contributed by atoms with Crippen LogP contribution in [0, 0.1) is 17.8 Å². The molecule has 6 aliphatic rings. The van der Waals surface area contributed by atoms with Gasteiger partial charge in [0.1, 0.15) is 17.3 Å². The van der Waals surface area contributed by atoms with Crippen molar-refractivity contribution in [2.75, 3.05) is 0 Å². The van der Waals surface area contributed by atoms with E-state index in [0.717, 1.165) is 69.0 Å². The van der Waals surface area contributed by atoms with Crippen molar-refractivity contribution in [2.24, 2.45) is 17.8 Å². The quantitative estimate of drug-likeness (QED) is 0.175. The molecule has 5 aliphatic carbocycles. The molecular weight excluding hydrogens is 731 g/mol. The normalized spacial score (nSPS) is 22.1. The van der Waals surface area contributed by atoms with E-state index in [1.807, 2.05) is 0 Å². The number of aromatic nitrogens is 3. The molecule has 2 heterocycles. The summed E-state index contributed by atoms with van der Waals surface area (Å²) in [4.78, 5) is 16.0. The molecule has 1 aliphatic heterocycles. The van der Waals surface area contributed by atoms with E-state index >= 15 is 0 Å². The molecule has 0 amide bonds. The van der Waals surface area contributed by atoms with Crippen molar-refractivity contribution in [1.29, 1.82) is 0 Å². The molecule has 1 aromatic heterocycles. The zero-order valence-electron chi connectivity index (χ0n) is 33.4. The third kappa shape index (κ3) is 5.06. The van der Waals surface area contributed by atoms with Crippen LogP contribution in [0.3, 0.4) is 0 Å². The highest BCUT2D eigenvalue weighted by atomic mass is 16.5. The maximum atomic E-state index is 6.82. The predicted octanol–water partition coefficient (Wildman–Crippen LogP) is 13.5. The van der Waals surface area contributed by atoms with Crippen LogP contribution in [0.25, 0.3) is 56.2 Å². The lowest BCUT2D eigenvalue weighted by Crippen LogP contribution is -2.49. The van der Waals surface area contributed by atoms with Gasteiger partial charge in [-0.1, -0.05) is 158 Å². The highest BCUT2D eigenvalue weighted by Gasteiger charge is 2.54. The molecule has 8 aromatic rings. The lowest BCUT2D eigenvalue weighted by atomic mass is 9.49. The van der Waals surface area contributed by atoms with E-state index in [1.54, 1.807) is 0 Å². The van der Waals surface area contributed by atoms with E-state index in [-0.39, 0.29) is 5.41 Å². The smallest absolute Gasteiger partial charge is 0.163 e. The molecule has 4 fully saturated rings. The van der Waals surface area contributed by atoms with Gasteiger partial charge in [0, 0.05) is 27.7 Å². The first-order valence-corrected chi connectivity index (χ1v) is 21.8.